The quantitative estimate of drug-likeness (QED) is 0.445. The van der Waals surface area contributed by atoms with Gasteiger partial charge < -0.3 is 10.3 Å². The van der Waals surface area contributed by atoms with E-state index in [9.17, 15) is 0 Å². The van der Waals surface area contributed by atoms with Gasteiger partial charge in [-0.1, -0.05) is 42.1 Å². The number of aromatic nitrogens is 4. The number of nitrogens with zero attached hydrogens (tertiary/aromatic N) is 4. The Morgan fingerprint density at radius 2 is 2.00 bits per heavy atom. The van der Waals surface area contributed by atoms with E-state index in [1.54, 1.807) is 18.1 Å². The number of fused-ring (bicyclic) bond motifs is 1. The lowest BCUT2D eigenvalue weighted by Gasteiger charge is -2.05. The van der Waals surface area contributed by atoms with Crippen molar-refractivity contribution in [2.75, 3.05) is 11.6 Å². The van der Waals surface area contributed by atoms with E-state index >= 15 is 0 Å². The highest BCUT2D eigenvalue weighted by Crippen LogP contribution is 2.27. The Bertz CT molecular complexity index is 744. The predicted octanol–water partition coefficient (Wildman–Crippen LogP) is 2.94. The lowest BCUT2D eigenvalue weighted by molar-refractivity contribution is 0.783. The first-order valence-electron chi connectivity index (χ1n) is 6.49. The highest BCUT2D eigenvalue weighted by molar-refractivity contribution is 7.98. The first kappa shape index (κ1) is 14.2. The smallest absolute Gasteiger partial charge is 0.223 e. The normalized spacial score (nSPS) is 11.1. The maximum atomic E-state index is 5.81. The number of nitrogen functional groups attached to an aromatic ring is 1. The number of alkyl halides is 1. The zero-order chi connectivity index (χ0) is 14.7. The number of hydrogen-bond acceptors (Lipinski definition) is 5. The topological polar surface area (TPSA) is 69.6 Å². The molecule has 21 heavy (non-hydrogen) atoms. The SMILES string of the molecule is Nc1nc(SCc2ccccc2)c2ncn(CCCl)c2n1. The number of anilines is 1. The maximum absolute atomic E-state index is 5.81. The number of aryl methyl sites for hydroxylation is 1. The molecule has 0 fully saturated rings. The Kier molecular flexibility index (Phi) is 4.26. The van der Waals surface area contributed by atoms with Crippen molar-refractivity contribution in [2.45, 2.75) is 17.3 Å². The average Bonchev–Trinajstić information content (AvgIpc) is 2.89. The van der Waals surface area contributed by atoms with E-state index < -0.39 is 0 Å². The van der Waals surface area contributed by atoms with Crippen LogP contribution in [-0.2, 0) is 12.3 Å². The van der Waals surface area contributed by atoms with Gasteiger partial charge in [-0.15, -0.1) is 11.6 Å². The van der Waals surface area contributed by atoms with Crippen LogP contribution < -0.4 is 5.73 Å². The van der Waals surface area contributed by atoms with E-state index in [2.05, 4.69) is 27.1 Å². The van der Waals surface area contributed by atoms with Crippen LogP contribution >= 0.6 is 23.4 Å². The number of benzene rings is 1. The summed E-state index contributed by atoms with van der Waals surface area (Å²) in [6, 6.07) is 10.2. The van der Waals surface area contributed by atoms with Crippen molar-refractivity contribution in [1.29, 1.82) is 0 Å². The van der Waals surface area contributed by atoms with Crippen LogP contribution in [0.3, 0.4) is 0 Å². The summed E-state index contributed by atoms with van der Waals surface area (Å²) in [5.74, 6) is 1.57. The van der Waals surface area contributed by atoms with Crippen molar-refractivity contribution < 1.29 is 0 Å². The summed E-state index contributed by atoms with van der Waals surface area (Å²) in [5, 5.41) is 0.801. The van der Waals surface area contributed by atoms with Crippen LogP contribution in [0.5, 0.6) is 0 Å². The van der Waals surface area contributed by atoms with Gasteiger partial charge in [-0.2, -0.15) is 4.98 Å². The maximum Gasteiger partial charge on any atom is 0.223 e. The minimum absolute atomic E-state index is 0.259. The number of hydrogen-bond donors (Lipinski definition) is 1. The van der Waals surface area contributed by atoms with E-state index in [4.69, 9.17) is 17.3 Å². The Labute approximate surface area is 131 Å². The molecule has 0 bridgehead atoms. The summed E-state index contributed by atoms with van der Waals surface area (Å²) in [6.07, 6.45) is 1.73. The van der Waals surface area contributed by atoms with Gasteiger partial charge in [0.05, 0.1) is 6.33 Å². The molecule has 2 N–H and O–H groups in total. The first-order valence-corrected chi connectivity index (χ1v) is 8.01. The van der Waals surface area contributed by atoms with Crippen molar-refractivity contribution in [2.24, 2.45) is 0 Å². The molecule has 0 radical (unpaired) electrons. The number of rotatable bonds is 5. The lowest BCUT2D eigenvalue weighted by atomic mass is 10.2. The van der Waals surface area contributed by atoms with Gasteiger partial charge in [-0.05, 0) is 5.56 Å². The molecule has 0 amide bonds. The van der Waals surface area contributed by atoms with Gasteiger partial charge in [0.25, 0.3) is 0 Å². The minimum Gasteiger partial charge on any atom is -0.368 e. The van der Waals surface area contributed by atoms with Gasteiger partial charge >= 0.3 is 0 Å². The molecule has 2 aromatic heterocycles. The number of imidazole rings is 1. The van der Waals surface area contributed by atoms with Gasteiger partial charge in [0.2, 0.25) is 5.95 Å². The van der Waals surface area contributed by atoms with Crippen LogP contribution in [0.4, 0.5) is 5.95 Å². The molecular weight excluding hydrogens is 306 g/mol. The third-order valence-electron chi connectivity index (χ3n) is 2.99. The second-order valence-electron chi connectivity index (χ2n) is 4.46. The first-order chi connectivity index (χ1) is 10.3. The van der Waals surface area contributed by atoms with E-state index in [-0.39, 0.29) is 5.95 Å². The van der Waals surface area contributed by atoms with Crippen molar-refractivity contribution >= 4 is 40.5 Å². The van der Waals surface area contributed by atoms with Crippen molar-refractivity contribution in [3.05, 3.63) is 42.2 Å². The predicted molar refractivity (Wildman–Crippen MR) is 86.5 cm³/mol. The van der Waals surface area contributed by atoms with Crippen molar-refractivity contribution in [3.63, 3.8) is 0 Å². The molecule has 0 saturated heterocycles. The summed E-state index contributed by atoms with van der Waals surface area (Å²) < 4.78 is 1.90. The number of thioether (sulfide) groups is 1. The van der Waals surface area contributed by atoms with Crippen LogP contribution in [0.1, 0.15) is 5.56 Å². The van der Waals surface area contributed by atoms with Crippen molar-refractivity contribution in [3.8, 4) is 0 Å². The molecule has 0 aliphatic heterocycles. The summed E-state index contributed by atoms with van der Waals surface area (Å²) in [7, 11) is 0. The highest BCUT2D eigenvalue weighted by atomic mass is 35.5. The fourth-order valence-electron chi connectivity index (χ4n) is 2.02. The van der Waals surface area contributed by atoms with Gasteiger partial charge in [0.15, 0.2) is 5.65 Å². The minimum atomic E-state index is 0.259. The molecular formula is C14H14ClN5S. The highest BCUT2D eigenvalue weighted by Gasteiger charge is 2.12. The summed E-state index contributed by atoms with van der Waals surface area (Å²) in [5.41, 5.74) is 8.55. The summed E-state index contributed by atoms with van der Waals surface area (Å²) in [4.78, 5) is 13.0. The van der Waals surface area contributed by atoms with Crippen LogP contribution in [0, 0.1) is 0 Å². The third kappa shape index (κ3) is 3.11. The van der Waals surface area contributed by atoms with Crippen LogP contribution in [0.2, 0.25) is 0 Å². The fourth-order valence-corrected chi connectivity index (χ4v) is 3.13. The molecule has 108 valence electrons. The van der Waals surface area contributed by atoms with E-state index in [0.29, 0.717) is 12.4 Å². The largest absolute Gasteiger partial charge is 0.368 e. The molecule has 3 aromatic rings. The average molecular weight is 320 g/mol. The van der Waals surface area contributed by atoms with E-state index in [1.165, 1.54) is 5.56 Å². The molecule has 3 rings (SSSR count). The lowest BCUT2D eigenvalue weighted by Crippen LogP contribution is -2.02. The van der Waals surface area contributed by atoms with Gasteiger partial charge in [-0.3, -0.25) is 0 Å². The number of halogens is 1. The fraction of sp³-hybridized carbons (Fsp3) is 0.214. The number of nitrogens with two attached hydrogens (primary N) is 1. The molecule has 0 aliphatic carbocycles. The van der Waals surface area contributed by atoms with Crippen LogP contribution in [0.15, 0.2) is 41.7 Å². The second-order valence-corrected chi connectivity index (χ2v) is 5.80. The zero-order valence-corrected chi connectivity index (χ0v) is 12.8. The van der Waals surface area contributed by atoms with Crippen LogP contribution in [-0.4, -0.2) is 25.4 Å². The van der Waals surface area contributed by atoms with E-state index in [0.717, 1.165) is 21.9 Å². The molecule has 0 saturated carbocycles. The molecule has 0 atom stereocenters. The summed E-state index contributed by atoms with van der Waals surface area (Å²) >= 11 is 7.39. The molecule has 5 nitrogen and oxygen atoms in total. The van der Waals surface area contributed by atoms with Gasteiger partial charge in [0, 0.05) is 18.2 Å². The zero-order valence-electron chi connectivity index (χ0n) is 11.2. The van der Waals surface area contributed by atoms with Crippen LogP contribution in [0.25, 0.3) is 11.2 Å². The van der Waals surface area contributed by atoms with Crippen molar-refractivity contribution in [1.82, 2.24) is 19.5 Å². The Hall–Kier alpha value is -1.79. The molecule has 0 spiro atoms. The van der Waals surface area contributed by atoms with E-state index in [1.807, 2.05) is 22.8 Å². The molecule has 7 heteroatoms. The Morgan fingerprint density at radius 1 is 1.19 bits per heavy atom. The molecule has 0 aliphatic rings. The second kappa shape index (κ2) is 6.32. The monoisotopic (exact) mass is 319 g/mol. The molecule has 0 unspecified atom stereocenters. The Morgan fingerprint density at radius 3 is 2.76 bits per heavy atom. The third-order valence-corrected chi connectivity index (χ3v) is 4.20. The van der Waals surface area contributed by atoms with Gasteiger partial charge in [0.1, 0.15) is 10.5 Å². The van der Waals surface area contributed by atoms with Gasteiger partial charge in [-0.25, -0.2) is 9.97 Å². The molecule has 2 heterocycles. The Balaban J connectivity index is 1.91. The standard InChI is InChI=1S/C14H14ClN5S/c15-6-7-20-9-17-11-12(20)18-14(16)19-13(11)21-8-10-4-2-1-3-5-10/h1-5,9H,6-8H2,(H2,16,18,19). The summed E-state index contributed by atoms with van der Waals surface area (Å²) in [6.45, 7) is 0.650. The molecule has 1 aromatic carbocycles.